The quantitative estimate of drug-likeness (QED) is 0.578. The summed E-state index contributed by atoms with van der Waals surface area (Å²) in [5.41, 5.74) is 0. The number of fused-ring (bicyclic) bond motifs is 1. The lowest BCUT2D eigenvalue weighted by Crippen LogP contribution is -2.30. The molecule has 2 N–H and O–H groups in total. The average molecular weight is 193 g/mol. The molecule has 5 heteroatoms. The SMILES string of the molecule is Cl.O=C(O)N1CC2CNCC2C1. The van der Waals surface area contributed by atoms with E-state index in [-0.39, 0.29) is 12.4 Å². The highest BCUT2D eigenvalue weighted by atomic mass is 35.5. The Balaban J connectivity index is 0.000000720. The maximum Gasteiger partial charge on any atom is 0.407 e. The minimum Gasteiger partial charge on any atom is -0.465 e. The maximum absolute atomic E-state index is 10.5. The van der Waals surface area contributed by atoms with E-state index in [4.69, 9.17) is 5.11 Å². The zero-order valence-electron chi connectivity index (χ0n) is 6.69. The fourth-order valence-corrected chi connectivity index (χ4v) is 2.01. The van der Waals surface area contributed by atoms with Crippen molar-refractivity contribution in [3.8, 4) is 0 Å². The van der Waals surface area contributed by atoms with Crippen LogP contribution in [0.4, 0.5) is 4.79 Å². The van der Waals surface area contributed by atoms with Gasteiger partial charge in [-0.1, -0.05) is 0 Å². The molecule has 0 aliphatic carbocycles. The van der Waals surface area contributed by atoms with E-state index in [0.29, 0.717) is 11.8 Å². The van der Waals surface area contributed by atoms with Crippen molar-refractivity contribution in [1.29, 1.82) is 0 Å². The lowest BCUT2D eigenvalue weighted by molar-refractivity contribution is 0.152. The molecule has 2 saturated heterocycles. The zero-order chi connectivity index (χ0) is 7.84. The zero-order valence-corrected chi connectivity index (χ0v) is 7.51. The highest BCUT2D eigenvalue weighted by Gasteiger charge is 2.37. The fourth-order valence-electron chi connectivity index (χ4n) is 2.01. The number of rotatable bonds is 0. The first-order valence-corrected chi connectivity index (χ1v) is 3.96. The van der Waals surface area contributed by atoms with Crippen LogP contribution in [0, 0.1) is 11.8 Å². The third-order valence-corrected chi connectivity index (χ3v) is 2.66. The Kier molecular flexibility index (Phi) is 2.80. The molecule has 70 valence electrons. The van der Waals surface area contributed by atoms with Crippen molar-refractivity contribution in [1.82, 2.24) is 10.2 Å². The van der Waals surface area contributed by atoms with Gasteiger partial charge in [0.25, 0.3) is 0 Å². The summed E-state index contributed by atoms with van der Waals surface area (Å²) in [6, 6.07) is 0. The van der Waals surface area contributed by atoms with E-state index in [0.717, 1.165) is 26.2 Å². The summed E-state index contributed by atoms with van der Waals surface area (Å²) in [5.74, 6) is 1.15. The topological polar surface area (TPSA) is 52.6 Å². The second-order valence-corrected chi connectivity index (χ2v) is 3.37. The molecule has 0 bridgehead atoms. The van der Waals surface area contributed by atoms with E-state index in [2.05, 4.69) is 5.32 Å². The molecule has 0 aromatic heterocycles. The van der Waals surface area contributed by atoms with E-state index in [1.54, 1.807) is 0 Å². The molecule has 2 aliphatic rings. The number of carboxylic acid groups (broad SMARTS) is 1. The number of hydrogen-bond donors (Lipinski definition) is 2. The number of halogens is 1. The molecule has 0 aromatic rings. The van der Waals surface area contributed by atoms with Gasteiger partial charge in [0.15, 0.2) is 0 Å². The van der Waals surface area contributed by atoms with Crippen LogP contribution < -0.4 is 5.32 Å². The first kappa shape index (κ1) is 9.61. The van der Waals surface area contributed by atoms with Crippen LogP contribution in [0.1, 0.15) is 0 Å². The van der Waals surface area contributed by atoms with Crippen LogP contribution in [0.15, 0.2) is 0 Å². The summed E-state index contributed by atoms with van der Waals surface area (Å²) in [6.45, 7) is 3.45. The van der Waals surface area contributed by atoms with Crippen molar-refractivity contribution in [2.24, 2.45) is 11.8 Å². The van der Waals surface area contributed by atoms with Crippen LogP contribution in [-0.2, 0) is 0 Å². The number of amides is 1. The van der Waals surface area contributed by atoms with Crippen LogP contribution in [0.25, 0.3) is 0 Å². The first-order chi connectivity index (χ1) is 5.27. The van der Waals surface area contributed by atoms with Crippen molar-refractivity contribution in [3.05, 3.63) is 0 Å². The molecule has 0 aromatic carbocycles. The van der Waals surface area contributed by atoms with Crippen LogP contribution in [0.2, 0.25) is 0 Å². The Morgan fingerprint density at radius 2 is 1.83 bits per heavy atom. The van der Waals surface area contributed by atoms with Crippen molar-refractivity contribution < 1.29 is 9.90 Å². The normalized spacial score (nSPS) is 32.8. The Hall–Kier alpha value is -0.480. The molecule has 2 unspecified atom stereocenters. The van der Waals surface area contributed by atoms with E-state index in [1.165, 1.54) is 4.90 Å². The fraction of sp³-hybridized carbons (Fsp3) is 0.857. The van der Waals surface area contributed by atoms with Gasteiger partial charge >= 0.3 is 6.09 Å². The summed E-state index contributed by atoms with van der Waals surface area (Å²) in [6.07, 6.45) is -0.764. The minimum atomic E-state index is -0.764. The molecular formula is C7H13ClN2O2. The van der Waals surface area contributed by atoms with Gasteiger partial charge in [0.2, 0.25) is 0 Å². The Morgan fingerprint density at radius 1 is 1.33 bits per heavy atom. The summed E-state index contributed by atoms with van der Waals surface area (Å²) in [5, 5.41) is 11.9. The van der Waals surface area contributed by atoms with Crippen molar-refractivity contribution in [2.45, 2.75) is 0 Å². The molecule has 2 atom stereocenters. The number of hydrogen-bond acceptors (Lipinski definition) is 2. The van der Waals surface area contributed by atoms with Gasteiger partial charge in [-0.15, -0.1) is 12.4 Å². The molecule has 0 saturated carbocycles. The van der Waals surface area contributed by atoms with Gasteiger partial charge in [-0.05, 0) is 11.8 Å². The van der Waals surface area contributed by atoms with Gasteiger partial charge in [-0.2, -0.15) is 0 Å². The second kappa shape index (κ2) is 3.49. The largest absolute Gasteiger partial charge is 0.465 e. The summed E-state index contributed by atoms with van der Waals surface area (Å²) >= 11 is 0. The van der Waals surface area contributed by atoms with E-state index < -0.39 is 6.09 Å². The summed E-state index contributed by atoms with van der Waals surface area (Å²) < 4.78 is 0. The molecule has 0 spiro atoms. The third-order valence-electron chi connectivity index (χ3n) is 2.66. The third kappa shape index (κ3) is 1.49. The monoisotopic (exact) mass is 192 g/mol. The first-order valence-electron chi connectivity index (χ1n) is 3.96. The van der Waals surface area contributed by atoms with Gasteiger partial charge in [0.1, 0.15) is 0 Å². The van der Waals surface area contributed by atoms with Gasteiger partial charge in [-0.25, -0.2) is 4.79 Å². The molecule has 1 amide bonds. The molecule has 2 fully saturated rings. The van der Waals surface area contributed by atoms with E-state index in [9.17, 15) is 4.79 Å². The summed E-state index contributed by atoms with van der Waals surface area (Å²) in [7, 11) is 0. The van der Waals surface area contributed by atoms with Gasteiger partial charge < -0.3 is 15.3 Å². The predicted molar refractivity (Wildman–Crippen MR) is 46.7 cm³/mol. The highest BCUT2D eigenvalue weighted by Crippen LogP contribution is 2.25. The molecular weight excluding hydrogens is 180 g/mol. The Labute approximate surface area is 77.3 Å². The molecule has 12 heavy (non-hydrogen) atoms. The average Bonchev–Trinajstić information content (AvgIpc) is 2.40. The number of likely N-dealkylation sites (tertiary alicyclic amines) is 1. The number of nitrogens with zero attached hydrogens (tertiary/aromatic N) is 1. The molecule has 0 radical (unpaired) electrons. The van der Waals surface area contributed by atoms with Crippen molar-refractivity contribution in [3.63, 3.8) is 0 Å². The number of nitrogens with one attached hydrogen (secondary N) is 1. The van der Waals surface area contributed by atoms with Crippen molar-refractivity contribution >= 4 is 18.5 Å². The molecule has 2 heterocycles. The van der Waals surface area contributed by atoms with Crippen LogP contribution >= 0.6 is 12.4 Å². The smallest absolute Gasteiger partial charge is 0.407 e. The molecule has 4 nitrogen and oxygen atoms in total. The predicted octanol–water partition coefficient (Wildman–Crippen LogP) is 0.237. The maximum atomic E-state index is 10.5. The van der Waals surface area contributed by atoms with Crippen LogP contribution in [0.3, 0.4) is 0 Å². The lowest BCUT2D eigenvalue weighted by atomic mass is 10.0. The van der Waals surface area contributed by atoms with Crippen molar-refractivity contribution in [2.75, 3.05) is 26.2 Å². The second-order valence-electron chi connectivity index (χ2n) is 3.37. The van der Waals surface area contributed by atoms with E-state index >= 15 is 0 Å². The van der Waals surface area contributed by atoms with E-state index in [1.807, 2.05) is 0 Å². The Morgan fingerprint density at radius 3 is 2.25 bits per heavy atom. The summed E-state index contributed by atoms with van der Waals surface area (Å²) in [4.78, 5) is 12.1. The van der Waals surface area contributed by atoms with Gasteiger partial charge in [0, 0.05) is 26.2 Å². The Bertz CT molecular complexity index is 176. The van der Waals surface area contributed by atoms with Gasteiger partial charge in [-0.3, -0.25) is 0 Å². The van der Waals surface area contributed by atoms with Crippen LogP contribution in [-0.4, -0.2) is 42.3 Å². The molecule has 2 aliphatic heterocycles. The minimum absolute atomic E-state index is 0. The van der Waals surface area contributed by atoms with Crippen LogP contribution in [0.5, 0.6) is 0 Å². The van der Waals surface area contributed by atoms with Gasteiger partial charge in [0.05, 0.1) is 0 Å². The lowest BCUT2D eigenvalue weighted by Gasteiger charge is -2.11. The number of carbonyl (C=O) groups is 1. The molecule has 2 rings (SSSR count). The highest BCUT2D eigenvalue weighted by molar-refractivity contribution is 5.85. The standard InChI is InChI=1S/C7H12N2O2.ClH/c10-7(11)9-3-5-1-8-2-6(5)4-9;/h5-6,8H,1-4H2,(H,10,11);1H.